The summed E-state index contributed by atoms with van der Waals surface area (Å²) < 4.78 is 5.83. The second kappa shape index (κ2) is 11.8. The van der Waals surface area contributed by atoms with Gasteiger partial charge in [0.2, 0.25) is 0 Å². The summed E-state index contributed by atoms with van der Waals surface area (Å²) in [4.78, 5) is 0. The Bertz CT molecular complexity index is 418. The lowest BCUT2D eigenvalue weighted by Crippen LogP contribution is -2.22. The number of hydrogen-bond acceptors (Lipinski definition) is 3. The Balaban J connectivity index is 2.71. The van der Waals surface area contributed by atoms with Gasteiger partial charge >= 0.3 is 0 Å². The zero-order chi connectivity index (χ0) is 17.2. The number of aliphatic hydroxyl groups is 2. The van der Waals surface area contributed by atoms with Gasteiger partial charge in [-0.25, -0.2) is 0 Å². The lowest BCUT2D eigenvalue weighted by atomic mass is 9.87. The molecule has 0 aliphatic heterocycles. The van der Waals surface area contributed by atoms with Crippen LogP contribution in [0.3, 0.4) is 0 Å². The van der Waals surface area contributed by atoms with E-state index in [2.05, 4.69) is 66.8 Å². The molecule has 0 radical (unpaired) electrons. The van der Waals surface area contributed by atoms with Crippen LogP contribution in [0.2, 0.25) is 0 Å². The van der Waals surface area contributed by atoms with Gasteiger partial charge in [-0.05, 0) is 46.2 Å². The topological polar surface area (TPSA) is 49.7 Å². The average Bonchev–Trinajstić information content (AvgIpc) is 2.81. The molecule has 0 saturated heterocycles. The molecule has 0 aromatic carbocycles. The SMILES string of the molecule is CCC#CC[C@H](C)C(C)/C=C/[C@@H]1[C@@H](CCO)[C@@H](O)C[C@H]1OPI. The molecule has 5 heteroatoms. The van der Waals surface area contributed by atoms with Crippen molar-refractivity contribution in [2.75, 3.05) is 6.61 Å². The standard InChI is InChI=1S/C18H30IO3P/c1-4-5-6-7-13(2)14(3)8-9-16-15(10-11-20)17(21)12-18(16)22-23-19/h8-9,13-18,20-21,23H,4,7,10-12H2,1-3H3/b9-8+/t13-,14?,15+,16+,17-,18+/m0/s1. The summed E-state index contributed by atoms with van der Waals surface area (Å²) in [5, 5.41) is 19.5. The Morgan fingerprint density at radius 2 is 2.13 bits per heavy atom. The van der Waals surface area contributed by atoms with Crippen LogP contribution in [0.15, 0.2) is 12.2 Å². The van der Waals surface area contributed by atoms with E-state index in [1.165, 1.54) is 0 Å². The molecule has 132 valence electrons. The van der Waals surface area contributed by atoms with E-state index in [-0.39, 0.29) is 30.7 Å². The Morgan fingerprint density at radius 1 is 1.39 bits per heavy atom. The van der Waals surface area contributed by atoms with Crippen molar-refractivity contribution in [1.29, 1.82) is 0 Å². The zero-order valence-corrected chi connectivity index (χ0v) is 17.5. The molecule has 0 amide bonds. The van der Waals surface area contributed by atoms with E-state index < -0.39 is 0 Å². The second-order valence-electron chi connectivity index (χ2n) is 6.42. The number of rotatable bonds is 8. The summed E-state index contributed by atoms with van der Waals surface area (Å²) in [7, 11) is 0. The van der Waals surface area contributed by atoms with Crippen molar-refractivity contribution in [3.8, 4) is 11.8 Å². The fourth-order valence-corrected chi connectivity index (χ4v) is 4.47. The van der Waals surface area contributed by atoms with Gasteiger partial charge in [0, 0.05) is 31.8 Å². The fraction of sp³-hybridized carbons (Fsp3) is 0.778. The predicted molar refractivity (Wildman–Crippen MR) is 107 cm³/mol. The van der Waals surface area contributed by atoms with Gasteiger partial charge in [-0.1, -0.05) is 32.9 Å². The second-order valence-corrected chi connectivity index (χ2v) is 8.13. The minimum atomic E-state index is -0.377. The molecule has 1 saturated carbocycles. The Labute approximate surface area is 156 Å². The molecule has 1 aliphatic carbocycles. The molecule has 0 heterocycles. The Kier molecular flexibility index (Phi) is 11.0. The van der Waals surface area contributed by atoms with E-state index in [0.29, 0.717) is 31.1 Å². The van der Waals surface area contributed by atoms with Crippen LogP contribution in [0.1, 0.15) is 46.5 Å². The molecule has 2 N–H and O–H groups in total. The molecule has 0 aromatic heterocycles. The molecular formula is C18H30IO3P. The lowest BCUT2D eigenvalue weighted by Gasteiger charge is -2.22. The van der Waals surface area contributed by atoms with Crippen LogP contribution in [-0.2, 0) is 4.52 Å². The summed E-state index contributed by atoms with van der Waals surface area (Å²) >= 11 is 2.23. The highest BCUT2D eigenvalue weighted by Gasteiger charge is 2.41. The molecular weight excluding hydrogens is 422 g/mol. The number of allylic oxidation sites excluding steroid dienone is 1. The summed E-state index contributed by atoms with van der Waals surface area (Å²) in [5.74, 6) is 7.60. The summed E-state index contributed by atoms with van der Waals surface area (Å²) in [5.41, 5.74) is 0. The third kappa shape index (κ3) is 7.00. The fourth-order valence-electron chi connectivity index (χ4n) is 3.12. The highest BCUT2D eigenvalue weighted by atomic mass is 127. The highest BCUT2D eigenvalue weighted by molar-refractivity contribution is 14.2. The third-order valence-electron chi connectivity index (χ3n) is 4.81. The third-order valence-corrected chi connectivity index (χ3v) is 5.96. The zero-order valence-electron chi connectivity index (χ0n) is 14.3. The first-order valence-electron chi connectivity index (χ1n) is 8.49. The van der Waals surface area contributed by atoms with Gasteiger partial charge in [0.1, 0.15) is 0 Å². The molecule has 23 heavy (non-hydrogen) atoms. The van der Waals surface area contributed by atoms with E-state index in [0.717, 1.165) is 12.8 Å². The monoisotopic (exact) mass is 452 g/mol. The maximum atomic E-state index is 10.3. The maximum Gasteiger partial charge on any atom is 0.0797 e. The first-order valence-corrected chi connectivity index (χ1v) is 12.5. The van der Waals surface area contributed by atoms with Crippen molar-refractivity contribution in [3.05, 3.63) is 12.2 Å². The van der Waals surface area contributed by atoms with Crippen LogP contribution in [0, 0.1) is 35.5 Å². The molecule has 0 spiro atoms. The molecule has 0 bridgehead atoms. The molecule has 1 fully saturated rings. The van der Waals surface area contributed by atoms with Gasteiger partial charge in [0.25, 0.3) is 0 Å². The first-order chi connectivity index (χ1) is 11.0. The van der Waals surface area contributed by atoms with E-state index in [1.807, 2.05) is 0 Å². The van der Waals surface area contributed by atoms with Crippen molar-refractivity contribution >= 4 is 28.5 Å². The smallest absolute Gasteiger partial charge is 0.0797 e. The quantitative estimate of drug-likeness (QED) is 0.250. The Morgan fingerprint density at radius 3 is 2.74 bits per heavy atom. The summed E-state index contributed by atoms with van der Waals surface area (Å²) in [6.45, 7) is 7.03. The normalized spacial score (nSPS) is 30.7. The largest absolute Gasteiger partial charge is 0.396 e. The van der Waals surface area contributed by atoms with E-state index in [9.17, 15) is 10.2 Å². The molecule has 3 nitrogen and oxygen atoms in total. The van der Waals surface area contributed by atoms with Crippen LogP contribution in [0.4, 0.5) is 0 Å². The van der Waals surface area contributed by atoms with E-state index >= 15 is 0 Å². The van der Waals surface area contributed by atoms with Gasteiger partial charge < -0.3 is 14.7 Å². The van der Waals surface area contributed by atoms with Crippen molar-refractivity contribution in [2.24, 2.45) is 23.7 Å². The van der Waals surface area contributed by atoms with Crippen LogP contribution in [0.5, 0.6) is 0 Å². The summed E-state index contributed by atoms with van der Waals surface area (Å²) in [6, 6.07) is 0. The van der Waals surface area contributed by atoms with Gasteiger partial charge in [0.05, 0.1) is 18.7 Å². The number of halogens is 1. The summed E-state index contributed by atoms with van der Waals surface area (Å²) in [6.07, 6.45) is 7.28. The van der Waals surface area contributed by atoms with E-state index in [1.54, 1.807) is 0 Å². The van der Waals surface area contributed by atoms with Crippen molar-refractivity contribution < 1.29 is 14.7 Å². The van der Waals surface area contributed by atoms with Gasteiger partial charge in [-0.2, -0.15) is 0 Å². The molecule has 2 unspecified atom stereocenters. The van der Waals surface area contributed by atoms with E-state index in [4.69, 9.17) is 4.52 Å². The van der Waals surface area contributed by atoms with Gasteiger partial charge in [0.15, 0.2) is 0 Å². The molecule has 0 aromatic rings. The minimum absolute atomic E-state index is 0.0652. The van der Waals surface area contributed by atoms with Crippen molar-refractivity contribution in [2.45, 2.75) is 58.7 Å². The molecule has 1 aliphatic rings. The highest BCUT2D eigenvalue weighted by Crippen LogP contribution is 2.42. The molecule has 1 rings (SSSR count). The predicted octanol–water partition coefficient (Wildman–Crippen LogP) is 4.33. The van der Waals surface area contributed by atoms with Gasteiger partial charge in [-0.15, -0.1) is 11.8 Å². The maximum absolute atomic E-state index is 10.3. The molecule has 7 atom stereocenters. The number of hydrogen-bond donors (Lipinski definition) is 2. The van der Waals surface area contributed by atoms with Crippen LogP contribution in [-0.4, -0.2) is 29.0 Å². The van der Waals surface area contributed by atoms with Crippen molar-refractivity contribution in [3.63, 3.8) is 0 Å². The lowest BCUT2D eigenvalue weighted by molar-refractivity contribution is 0.104. The first kappa shape index (κ1) is 21.4. The average molecular weight is 452 g/mol. The van der Waals surface area contributed by atoms with Crippen LogP contribution < -0.4 is 0 Å². The van der Waals surface area contributed by atoms with Gasteiger partial charge in [-0.3, -0.25) is 0 Å². The van der Waals surface area contributed by atoms with Crippen LogP contribution >= 0.6 is 28.5 Å². The number of aliphatic hydroxyl groups excluding tert-OH is 2. The minimum Gasteiger partial charge on any atom is -0.396 e. The van der Waals surface area contributed by atoms with Crippen LogP contribution in [0.25, 0.3) is 0 Å². The van der Waals surface area contributed by atoms with Crippen molar-refractivity contribution in [1.82, 2.24) is 0 Å². The Hall–Kier alpha value is 0.340.